The summed E-state index contributed by atoms with van der Waals surface area (Å²) in [5.74, 6) is -0.169. The lowest BCUT2D eigenvalue weighted by Gasteiger charge is -2.26. The fourth-order valence-corrected chi connectivity index (χ4v) is 3.60. The van der Waals surface area contributed by atoms with E-state index >= 15 is 0 Å². The normalized spacial score (nSPS) is 16.4. The molecular weight excluding hydrogens is 366 g/mol. The number of likely N-dealkylation sites (N-methyl/N-ethyl adjacent to an activating group) is 1. The second-order valence-electron chi connectivity index (χ2n) is 6.80. The predicted molar refractivity (Wildman–Crippen MR) is 103 cm³/mol. The van der Waals surface area contributed by atoms with Gasteiger partial charge in [0.05, 0.1) is 17.0 Å². The molecule has 27 heavy (non-hydrogen) atoms. The van der Waals surface area contributed by atoms with E-state index < -0.39 is 6.04 Å². The summed E-state index contributed by atoms with van der Waals surface area (Å²) in [7, 11) is 3.88. The monoisotopic (exact) mass is 383 g/mol. The summed E-state index contributed by atoms with van der Waals surface area (Å²) >= 11 is 6.07. The molecule has 138 valence electrons. The molecule has 1 aliphatic rings. The van der Waals surface area contributed by atoms with Crippen LogP contribution in [0, 0.1) is 0 Å². The molecule has 1 aromatic carbocycles. The minimum absolute atomic E-state index is 0.107. The second kappa shape index (κ2) is 6.79. The van der Waals surface area contributed by atoms with Gasteiger partial charge in [-0.15, -0.1) is 0 Å². The fraction of sp³-hybridized carbons (Fsp3) is 0.250. The number of aromatic nitrogens is 1. The summed E-state index contributed by atoms with van der Waals surface area (Å²) in [6, 6.07) is 7.98. The maximum Gasteiger partial charge on any atom is 0.290 e. The summed E-state index contributed by atoms with van der Waals surface area (Å²) in [4.78, 5) is 34.1. The zero-order chi connectivity index (χ0) is 19.1. The summed E-state index contributed by atoms with van der Waals surface area (Å²) in [5, 5.41) is 0.826. The van der Waals surface area contributed by atoms with Gasteiger partial charge in [0.1, 0.15) is 5.58 Å². The average molecular weight is 384 g/mol. The molecule has 0 aliphatic carbocycles. The first-order valence-electron chi connectivity index (χ1n) is 8.59. The van der Waals surface area contributed by atoms with Crippen LogP contribution in [0.5, 0.6) is 0 Å². The number of carbonyl (C=O) groups is 1. The molecule has 0 radical (unpaired) electrons. The zero-order valence-electron chi connectivity index (χ0n) is 15.0. The van der Waals surface area contributed by atoms with Crippen LogP contribution in [0.2, 0.25) is 5.02 Å². The van der Waals surface area contributed by atoms with Crippen LogP contribution in [0.3, 0.4) is 0 Å². The lowest BCUT2D eigenvalue weighted by molar-refractivity contribution is 0.0716. The minimum Gasteiger partial charge on any atom is -0.450 e. The van der Waals surface area contributed by atoms with Crippen molar-refractivity contribution in [1.29, 1.82) is 0 Å². The van der Waals surface area contributed by atoms with Gasteiger partial charge < -0.3 is 14.2 Å². The van der Waals surface area contributed by atoms with E-state index in [4.69, 9.17) is 16.0 Å². The van der Waals surface area contributed by atoms with E-state index in [0.717, 1.165) is 5.56 Å². The molecule has 6 nitrogen and oxygen atoms in total. The topological polar surface area (TPSA) is 66.7 Å². The van der Waals surface area contributed by atoms with Crippen molar-refractivity contribution >= 4 is 28.5 Å². The Morgan fingerprint density at radius 1 is 1.19 bits per heavy atom. The van der Waals surface area contributed by atoms with E-state index in [0.29, 0.717) is 34.6 Å². The first-order chi connectivity index (χ1) is 13.0. The van der Waals surface area contributed by atoms with E-state index in [2.05, 4.69) is 4.98 Å². The molecule has 0 saturated heterocycles. The van der Waals surface area contributed by atoms with Crippen molar-refractivity contribution < 1.29 is 9.21 Å². The number of benzene rings is 1. The molecular formula is C20H18ClN3O3. The van der Waals surface area contributed by atoms with Crippen LogP contribution in [0.4, 0.5) is 0 Å². The average Bonchev–Trinajstić information content (AvgIpc) is 2.94. The molecule has 4 rings (SSSR count). The highest BCUT2D eigenvalue weighted by molar-refractivity contribution is 6.31. The standard InChI is InChI=1S/C20H18ClN3O3/c1-23(2)9-10-24-17(12-5-7-22-8-6-12)16-18(25)14-11-13(21)3-4-15(14)27-19(16)20(24)26/h3-8,11,17H,9-10H2,1-2H3/t17-/m0/s1. The molecule has 1 atom stereocenters. The van der Waals surface area contributed by atoms with Gasteiger partial charge in [-0.2, -0.15) is 0 Å². The molecule has 0 fully saturated rings. The number of rotatable bonds is 4. The Morgan fingerprint density at radius 3 is 2.63 bits per heavy atom. The highest BCUT2D eigenvalue weighted by Crippen LogP contribution is 2.37. The third-order valence-corrected chi connectivity index (χ3v) is 4.97. The summed E-state index contributed by atoms with van der Waals surface area (Å²) < 4.78 is 5.86. The van der Waals surface area contributed by atoms with Gasteiger partial charge in [0, 0.05) is 30.5 Å². The van der Waals surface area contributed by atoms with Crippen molar-refractivity contribution in [2.24, 2.45) is 0 Å². The van der Waals surface area contributed by atoms with Gasteiger partial charge in [-0.05, 0) is 50.0 Å². The van der Waals surface area contributed by atoms with E-state index in [1.165, 1.54) is 0 Å². The smallest absolute Gasteiger partial charge is 0.290 e. The maximum atomic E-state index is 13.3. The summed E-state index contributed by atoms with van der Waals surface area (Å²) in [6.45, 7) is 1.14. The van der Waals surface area contributed by atoms with E-state index in [1.807, 2.05) is 31.1 Å². The Balaban J connectivity index is 1.95. The largest absolute Gasteiger partial charge is 0.450 e. The third-order valence-electron chi connectivity index (χ3n) is 4.74. The zero-order valence-corrected chi connectivity index (χ0v) is 15.7. The molecule has 0 spiro atoms. The van der Waals surface area contributed by atoms with Crippen LogP contribution in [0.1, 0.15) is 27.7 Å². The molecule has 0 unspecified atom stereocenters. The van der Waals surface area contributed by atoms with Gasteiger partial charge in [0.15, 0.2) is 5.43 Å². The highest BCUT2D eigenvalue weighted by Gasteiger charge is 2.42. The summed E-state index contributed by atoms with van der Waals surface area (Å²) in [6.07, 6.45) is 3.31. The predicted octanol–water partition coefficient (Wildman–Crippen LogP) is 2.95. The van der Waals surface area contributed by atoms with Gasteiger partial charge in [0.2, 0.25) is 5.76 Å². The number of hydrogen-bond acceptors (Lipinski definition) is 5. The van der Waals surface area contributed by atoms with Gasteiger partial charge in [-0.25, -0.2) is 0 Å². The molecule has 0 saturated carbocycles. The van der Waals surface area contributed by atoms with E-state index in [9.17, 15) is 9.59 Å². The second-order valence-corrected chi connectivity index (χ2v) is 7.24. The first-order valence-corrected chi connectivity index (χ1v) is 8.97. The summed E-state index contributed by atoms with van der Waals surface area (Å²) in [5.41, 5.74) is 1.32. The maximum absolute atomic E-state index is 13.3. The van der Waals surface area contributed by atoms with Gasteiger partial charge in [0.25, 0.3) is 5.91 Å². The third kappa shape index (κ3) is 3.01. The van der Waals surface area contributed by atoms with Crippen LogP contribution >= 0.6 is 11.6 Å². The molecule has 3 heterocycles. The van der Waals surface area contributed by atoms with Gasteiger partial charge in [-0.1, -0.05) is 11.6 Å². The molecule has 2 aromatic heterocycles. The Kier molecular flexibility index (Phi) is 4.45. The number of nitrogens with zero attached hydrogens (tertiary/aromatic N) is 3. The van der Waals surface area contributed by atoms with Gasteiger partial charge >= 0.3 is 0 Å². The van der Waals surface area contributed by atoms with Crippen LogP contribution in [0.25, 0.3) is 11.0 Å². The highest BCUT2D eigenvalue weighted by atomic mass is 35.5. The molecule has 0 N–H and O–H groups in total. The lowest BCUT2D eigenvalue weighted by Crippen LogP contribution is -2.35. The number of pyridine rings is 1. The molecule has 7 heteroatoms. The van der Waals surface area contributed by atoms with Crippen molar-refractivity contribution in [3.8, 4) is 0 Å². The number of amides is 1. The van der Waals surface area contributed by atoms with Crippen LogP contribution in [-0.4, -0.2) is 47.9 Å². The van der Waals surface area contributed by atoms with E-state index in [-0.39, 0.29) is 17.1 Å². The molecule has 1 aliphatic heterocycles. The van der Waals surface area contributed by atoms with E-state index in [1.54, 1.807) is 35.5 Å². The Bertz CT molecular complexity index is 1080. The van der Waals surface area contributed by atoms with Crippen molar-refractivity contribution in [3.05, 3.63) is 74.9 Å². The Hall–Kier alpha value is -2.70. The number of fused-ring (bicyclic) bond motifs is 2. The fourth-order valence-electron chi connectivity index (χ4n) is 3.42. The van der Waals surface area contributed by atoms with Crippen LogP contribution in [0.15, 0.2) is 51.9 Å². The van der Waals surface area contributed by atoms with Crippen molar-refractivity contribution in [2.75, 3.05) is 27.2 Å². The molecule has 3 aromatic rings. The number of halogens is 1. The lowest BCUT2D eigenvalue weighted by atomic mass is 9.99. The SMILES string of the molecule is CN(C)CCN1C(=O)c2oc3ccc(Cl)cc3c(=O)c2[C@@H]1c1ccncc1. The number of carbonyl (C=O) groups excluding carboxylic acids is 1. The van der Waals surface area contributed by atoms with Crippen molar-refractivity contribution in [2.45, 2.75) is 6.04 Å². The van der Waals surface area contributed by atoms with Crippen molar-refractivity contribution in [3.63, 3.8) is 0 Å². The van der Waals surface area contributed by atoms with Crippen LogP contribution < -0.4 is 5.43 Å². The Labute approximate surface area is 161 Å². The Morgan fingerprint density at radius 2 is 1.93 bits per heavy atom. The van der Waals surface area contributed by atoms with Crippen LogP contribution in [-0.2, 0) is 0 Å². The van der Waals surface area contributed by atoms with Crippen molar-refractivity contribution in [1.82, 2.24) is 14.8 Å². The quantitative estimate of drug-likeness (QED) is 0.693. The molecule has 1 amide bonds. The number of hydrogen-bond donors (Lipinski definition) is 0. The minimum atomic E-state index is -0.505. The molecule has 0 bridgehead atoms. The van der Waals surface area contributed by atoms with Gasteiger partial charge in [-0.3, -0.25) is 14.6 Å². The first kappa shape index (κ1) is 17.7.